The molecule has 1 unspecified atom stereocenters. The number of anilines is 2. The van der Waals surface area contributed by atoms with E-state index in [0.29, 0.717) is 28.2 Å². The highest BCUT2D eigenvalue weighted by molar-refractivity contribution is 6.25. The number of rotatable bonds is 4. The van der Waals surface area contributed by atoms with Gasteiger partial charge in [-0.25, -0.2) is 14.6 Å². The van der Waals surface area contributed by atoms with Crippen LogP contribution in [0.5, 0.6) is 5.75 Å². The van der Waals surface area contributed by atoms with Gasteiger partial charge in [0.1, 0.15) is 12.8 Å². The Morgan fingerprint density at radius 1 is 1.02 bits per heavy atom. The number of aliphatic imine (C=N–C) groups is 1. The second kappa shape index (κ2) is 8.63. The molecule has 204 valence electrons. The molecule has 4 amide bonds. The van der Waals surface area contributed by atoms with Crippen LogP contribution < -0.4 is 20.0 Å². The summed E-state index contributed by atoms with van der Waals surface area (Å²) in [4.78, 5) is 47.9. The molecule has 13 heteroatoms. The number of hydrogen-bond acceptors (Lipinski definition) is 6. The minimum absolute atomic E-state index is 0.176. The van der Waals surface area contributed by atoms with Crippen LogP contribution in [0, 0.1) is 0 Å². The fourth-order valence-corrected chi connectivity index (χ4v) is 5.29. The number of hydrogen-bond donors (Lipinski definition) is 1. The van der Waals surface area contributed by atoms with E-state index in [4.69, 9.17) is 10.7 Å². The van der Waals surface area contributed by atoms with Gasteiger partial charge in [-0.05, 0) is 37.3 Å². The van der Waals surface area contributed by atoms with Crippen molar-refractivity contribution in [1.29, 1.82) is 0 Å². The maximum Gasteiger partial charge on any atom is 0.573 e. The van der Waals surface area contributed by atoms with E-state index in [-0.39, 0.29) is 5.69 Å². The minimum Gasteiger partial charge on any atom is -0.406 e. The topological polar surface area (TPSA) is 109 Å². The summed E-state index contributed by atoms with van der Waals surface area (Å²) in [5, 5.41) is 1.99. The molecule has 3 aromatic carbocycles. The number of amides is 4. The monoisotopic (exact) mass is 551 g/mol. The van der Waals surface area contributed by atoms with E-state index < -0.39 is 46.8 Å². The van der Waals surface area contributed by atoms with Gasteiger partial charge in [0, 0.05) is 11.6 Å². The predicted octanol–water partition coefficient (Wildman–Crippen LogP) is 3.82. The number of alkyl halides is 3. The summed E-state index contributed by atoms with van der Waals surface area (Å²) in [6.07, 6.45) is -6.32. The average molecular weight is 552 g/mol. The molecule has 10 nitrogen and oxygen atoms in total. The van der Waals surface area contributed by atoms with E-state index in [1.54, 1.807) is 30.3 Å². The zero-order valence-corrected chi connectivity index (χ0v) is 21.2. The second-order valence-corrected chi connectivity index (χ2v) is 9.61. The Labute approximate surface area is 225 Å². The molecule has 4 aliphatic rings. The van der Waals surface area contributed by atoms with E-state index in [1.165, 1.54) is 31.0 Å². The Balaban J connectivity index is 1.65. The first kappa shape index (κ1) is 25.5. The summed E-state index contributed by atoms with van der Waals surface area (Å²) >= 11 is 0. The Bertz CT molecular complexity index is 1590. The van der Waals surface area contributed by atoms with Crippen LogP contribution in [0.4, 0.5) is 35.0 Å². The fourth-order valence-electron chi connectivity index (χ4n) is 5.29. The van der Waals surface area contributed by atoms with Crippen molar-refractivity contribution in [2.45, 2.75) is 25.5 Å². The smallest absolute Gasteiger partial charge is 0.406 e. The van der Waals surface area contributed by atoms with Gasteiger partial charge in [-0.2, -0.15) is 0 Å². The molecule has 0 aromatic heterocycles. The lowest BCUT2D eigenvalue weighted by molar-refractivity contribution is -0.274. The van der Waals surface area contributed by atoms with Crippen molar-refractivity contribution in [2.75, 3.05) is 11.9 Å². The van der Waals surface area contributed by atoms with Crippen molar-refractivity contribution in [2.24, 2.45) is 10.7 Å². The highest BCUT2D eigenvalue weighted by Crippen LogP contribution is 2.49. The zero-order valence-electron chi connectivity index (χ0n) is 21.2. The first-order valence-electron chi connectivity index (χ1n) is 12.2. The molecule has 3 aromatic rings. The molecule has 3 atom stereocenters. The fraction of sp³-hybridized carbons (Fsp3) is 0.185. The number of quaternary nitrogens is 1. The van der Waals surface area contributed by atoms with Gasteiger partial charge in [0.05, 0.1) is 28.7 Å². The summed E-state index contributed by atoms with van der Waals surface area (Å²) in [5.41, 5.74) is 8.33. The summed E-state index contributed by atoms with van der Waals surface area (Å²) in [6, 6.07) is 16.9. The van der Waals surface area contributed by atoms with Gasteiger partial charge in [0.2, 0.25) is 0 Å². The molecule has 0 saturated carbocycles. The van der Waals surface area contributed by atoms with Crippen LogP contribution >= 0.6 is 0 Å². The molecule has 4 heterocycles. The van der Waals surface area contributed by atoms with Gasteiger partial charge in [0.15, 0.2) is 5.69 Å². The van der Waals surface area contributed by atoms with Gasteiger partial charge >= 0.3 is 24.2 Å². The lowest BCUT2D eigenvalue weighted by atomic mass is 9.96. The van der Waals surface area contributed by atoms with Gasteiger partial charge in [-0.15, -0.1) is 22.8 Å². The number of nitrogens with two attached hydrogens (primary N) is 1. The molecule has 7 rings (SSSR count). The molecule has 40 heavy (non-hydrogen) atoms. The van der Waals surface area contributed by atoms with Crippen molar-refractivity contribution < 1.29 is 32.3 Å². The first-order chi connectivity index (χ1) is 18.9. The van der Waals surface area contributed by atoms with Crippen molar-refractivity contribution >= 4 is 40.6 Å². The number of carbonyl (C=O) groups is 3. The number of hydrazine groups is 1. The Morgan fingerprint density at radius 3 is 2.33 bits per heavy atom. The summed E-state index contributed by atoms with van der Waals surface area (Å²) in [7, 11) is 1.51. The average Bonchev–Trinajstić information content (AvgIpc) is 3.07. The third-order valence-electron chi connectivity index (χ3n) is 7.03. The highest BCUT2D eigenvalue weighted by atomic mass is 19.4. The molecule has 1 fully saturated rings. The van der Waals surface area contributed by atoms with Crippen molar-refractivity contribution in [3.63, 3.8) is 0 Å². The van der Waals surface area contributed by atoms with E-state index in [1.807, 2.05) is 18.2 Å². The van der Waals surface area contributed by atoms with Crippen LogP contribution in [0.15, 0.2) is 77.8 Å². The summed E-state index contributed by atoms with van der Waals surface area (Å²) in [6.45, 7) is 1.44. The third-order valence-corrected chi connectivity index (χ3v) is 7.03. The predicted molar refractivity (Wildman–Crippen MR) is 138 cm³/mol. The minimum atomic E-state index is -4.90. The van der Waals surface area contributed by atoms with Crippen LogP contribution in [0.3, 0.4) is 0 Å². The van der Waals surface area contributed by atoms with Gasteiger partial charge in [-0.1, -0.05) is 41.5 Å². The molecular formula is C27H22F3N6O4+. The molecule has 0 aliphatic carbocycles. The quantitative estimate of drug-likeness (QED) is 0.496. The lowest BCUT2D eigenvalue weighted by Crippen LogP contribution is -2.67. The number of benzene rings is 3. The van der Waals surface area contributed by atoms with Crippen LogP contribution in [-0.2, 0) is 9.59 Å². The van der Waals surface area contributed by atoms with Crippen molar-refractivity contribution in [3.05, 3.63) is 83.9 Å². The number of urea groups is 1. The van der Waals surface area contributed by atoms with Crippen LogP contribution in [0.2, 0.25) is 0 Å². The lowest BCUT2D eigenvalue weighted by Gasteiger charge is -2.42. The highest BCUT2D eigenvalue weighted by Gasteiger charge is 2.67. The van der Waals surface area contributed by atoms with Gasteiger partial charge in [-0.3, -0.25) is 9.69 Å². The van der Waals surface area contributed by atoms with Crippen molar-refractivity contribution in [3.8, 4) is 5.75 Å². The molecular weight excluding hydrogens is 529 g/mol. The normalized spacial score (nSPS) is 22.2. The summed E-state index contributed by atoms with van der Waals surface area (Å²) in [5.74, 6) is -1.73. The number of nitrogens with zero attached hydrogens (tertiary/aromatic N) is 5. The van der Waals surface area contributed by atoms with E-state index in [9.17, 15) is 27.6 Å². The standard InChI is InChI=1S/C27H22F3N6O4/c1-15(31)24(37)35-34-23-25(38)36(35,2)20-10-6-9-19(21(20)22(32-23)16-7-4-3-5-8-16)33(26(34)39)17-11-13-18(14-12-17)40-27(28,29)30/h3-15,23H,31H2,1-2H3/q+1/t15-,23?,36+/m0/s1. The molecule has 6 bridgehead atoms. The SMILES string of the molecule is C[C@H](N)C(=O)N1N2C(=O)N(c3ccc(OC(F)(F)F)cc3)c3cccc4c3C(c3ccccc3)=NC2C(=O)[N@@+]41C. The maximum atomic E-state index is 14.3. The number of halogens is 3. The molecule has 4 aliphatic heterocycles. The van der Waals surface area contributed by atoms with Crippen LogP contribution in [0.1, 0.15) is 18.1 Å². The molecule has 2 N–H and O–H groups in total. The van der Waals surface area contributed by atoms with Crippen LogP contribution in [0.25, 0.3) is 0 Å². The summed E-state index contributed by atoms with van der Waals surface area (Å²) < 4.78 is 41.6. The second-order valence-electron chi connectivity index (χ2n) is 9.61. The largest absolute Gasteiger partial charge is 0.573 e. The van der Waals surface area contributed by atoms with E-state index in [2.05, 4.69) is 4.74 Å². The Hall–Kier alpha value is -4.75. The molecule has 0 radical (unpaired) electrons. The van der Waals surface area contributed by atoms with E-state index in [0.717, 1.165) is 22.3 Å². The zero-order chi connectivity index (χ0) is 28.6. The Morgan fingerprint density at radius 2 is 1.70 bits per heavy atom. The molecule has 1 saturated heterocycles. The number of likely N-dealkylation sites (N-methyl/N-ethyl adjacent to an activating group) is 1. The maximum absolute atomic E-state index is 14.3. The Kier molecular flexibility index (Phi) is 5.51. The third kappa shape index (κ3) is 3.58. The van der Waals surface area contributed by atoms with Gasteiger partial charge < -0.3 is 10.5 Å². The van der Waals surface area contributed by atoms with E-state index >= 15 is 0 Å². The molecule has 0 spiro atoms. The van der Waals surface area contributed by atoms with Crippen LogP contribution in [-0.4, -0.2) is 59.3 Å². The first-order valence-corrected chi connectivity index (χ1v) is 12.2. The number of ether oxygens (including phenoxy) is 1. The van der Waals surface area contributed by atoms with Gasteiger partial charge in [0.25, 0.3) is 6.17 Å². The van der Waals surface area contributed by atoms with Crippen molar-refractivity contribution in [1.82, 2.24) is 14.7 Å². The number of fused-ring (bicyclic) bond motifs is 1. The number of carbonyl (C=O) groups excluding carboxylic acids is 3.